The number of carbonyl (C=O) groups excluding carboxylic acids is 1. The van der Waals surface area contributed by atoms with E-state index in [-0.39, 0.29) is 11.7 Å². The van der Waals surface area contributed by atoms with Gasteiger partial charge < -0.3 is 10.0 Å². The normalized spacial score (nSPS) is 10.3. The number of carbonyl (C=O) groups is 1. The summed E-state index contributed by atoms with van der Waals surface area (Å²) in [7, 11) is 0. The molecule has 1 aromatic carbocycles. The fourth-order valence-electron chi connectivity index (χ4n) is 1.71. The van der Waals surface area contributed by atoms with Crippen LogP contribution in [0.2, 0.25) is 0 Å². The Hall–Kier alpha value is -1.16. The standard InChI is InChI=1S/C14H21NO2S/c1-3-8-15(9-4-2)14(17)11-18-13-7-5-6-12(16)10-13/h5-7,10,16H,3-4,8-9,11H2,1-2H3. The van der Waals surface area contributed by atoms with E-state index in [1.165, 1.54) is 11.8 Å². The summed E-state index contributed by atoms with van der Waals surface area (Å²) in [4.78, 5) is 14.9. The molecule has 0 bridgehead atoms. The molecule has 0 aromatic heterocycles. The molecule has 0 fully saturated rings. The number of phenols is 1. The summed E-state index contributed by atoms with van der Waals surface area (Å²) in [6, 6.07) is 7.01. The van der Waals surface area contributed by atoms with Gasteiger partial charge in [-0.05, 0) is 31.0 Å². The fourth-order valence-corrected chi connectivity index (χ4v) is 2.56. The van der Waals surface area contributed by atoms with Gasteiger partial charge in [0.25, 0.3) is 0 Å². The van der Waals surface area contributed by atoms with Crippen LogP contribution < -0.4 is 0 Å². The van der Waals surface area contributed by atoms with Crippen molar-refractivity contribution in [2.24, 2.45) is 0 Å². The summed E-state index contributed by atoms with van der Waals surface area (Å²) in [6.45, 7) is 5.82. The SMILES string of the molecule is CCCN(CCC)C(=O)CSc1cccc(O)c1. The molecule has 18 heavy (non-hydrogen) atoms. The van der Waals surface area contributed by atoms with Crippen molar-refractivity contribution in [1.82, 2.24) is 4.90 Å². The molecular weight excluding hydrogens is 246 g/mol. The number of aromatic hydroxyl groups is 1. The number of thioether (sulfide) groups is 1. The van der Waals surface area contributed by atoms with E-state index in [4.69, 9.17) is 0 Å². The Morgan fingerprint density at radius 3 is 2.50 bits per heavy atom. The molecule has 0 aliphatic rings. The van der Waals surface area contributed by atoms with Crippen LogP contribution in [0.5, 0.6) is 5.75 Å². The van der Waals surface area contributed by atoms with Crippen LogP contribution in [0, 0.1) is 0 Å². The monoisotopic (exact) mass is 267 g/mol. The van der Waals surface area contributed by atoms with Crippen molar-refractivity contribution in [3.63, 3.8) is 0 Å². The molecular formula is C14H21NO2S. The quantitative estimate of drug-likeness (QED) is 0.772. The highest BCUT2D eigenvalue weighted by Gasteiger charge is 2.11. The van der Waals surface area contributed by atoms with Crippen LogP contribution in [0.1, 0.15) is 26.7 Å². The molecule has 0 unspecified atom stereocenters. The molecule has 0 aliphatic heterocycles. The number of benzene rings is 1. The van der Waals surface area contributed by atoms with E-state index >= 15 is 0 Å². The maximum absolute atomic E-state index is 12.0. The predicted octanol–water partition coefficient (Wildman–Crippen LogP) is 3.13. The second-order valence-corrected chi connectivity index (χ2v) is 5.22. The molecule has 100 valence electrons. The summed E-state index contributed by atoms with van der Waals surface area (Å²) in [6.07, 6.45) is 1.98. The van der Waals surface area contributed by atoms with Gasteiger partial charge in [-0.1, -0.05) is 19.9 Å². The second-order valence-electron chi connectivity index (χ2n) is 4.17. The number of rotatable bonds is 7. The van der Waals surface area contributed by atoms with Gasteiger partial charge in [0.1, 0.15) is 5.75 Å². The highest BCUT2D eigenvalue weighted by Crippen LogP contribution is 2.22. The molecule has 0 radical (unpaired) electrons. The number of hydrogen-bond acceptors (Lipinski definition) is 3. The van der Waals surface area contributed by atoms with Gasteiger partial charge >= 0.3 is 0 Å². The first-order valence-electron chi connectivity index (χ1n) is 6.37. The van der Waals surface area contributed by atoms with Crippen LogP contribution >= 0.6 is 11.8 Å². The lowest BCUT2D eigenvalue weighted by Gasteiger charge is -2.21. The molecule has 0 heterocycles. The minimum Gasteiger partial charge on any atom is -0.508 e. The van der Waals surface area contributed by atoms with Gasteiger partial charge in [-0.3, -0.25) is 4.79 Å². The Morgan fingerprint density at radius 2 is 1.94 bits per heavy atom. The van der Waals surface area contributed by atoms with Gasteiger partial charge in [-0.25, -0.2) is 0 Å². The molecule has 0 spiro atoms. The van der Waals surface area contributed by atoms with E-state index < -0.39 is 0 Å². The molecule has 3 nitrogen and oxygen atoms in total. The van der Waals surface area contributed by atoms with Crippen molar-refractivity contribution >= 4 is 17.7 Å². The minimum absolute atomic E-state index is 0.173. The fraction of sp³-hybridized carbons (Fsp3) is 0.500. The van der Waals surface area contributed by atoms with E-state index in [9.17, 15) is 9.90 Å². The van der Waals surface area contributed by atoms with E-state index in [2.05, 4.69) is 13.8 Å². The number of amides is 1. The topological polar surface area (TPSA) is 40.5 Å². The third-order valence-electron chi connectivity index (χ3n) is 2.52. The molecule has 1 amide bonds. The molecule has 0 saturated heterocycles. The van der Waals surface area contributed by atoms with Crippen molar-refractivity contribution in [2.75, 3.05) is 18.8 Å². The Morgan fingerprint density at radius 1 is 1.28 bits per heavy atom. The van der Waals surface area contributed by atoms with Crippen LogP contribution in [-0.2, 0) is 4.79 Å². The largest absolute Gasteiger partial charge is 0.508 e. The highest BCUT2D eigenvalue weighted by molar-refractivity contribution is 8.00. The molecule has 1 N–H and O–H groups in total. The zero-order chi connectivity index (χ0) is 13.4. The second kappa shape index (κ2) is 8.03. The summed E-state index contributed by atoms with van der Waals surface area (Å²) >= 11 is 1.47. The number of phenolic OH excluding ortho intramolecular Hbond substituents is 1. The van der Waals surface area contributed by atoms with Crippen molar-refractivity contribution in [2.45, 2.75) is 31.6 Å². The van der Waals surface area contributed by atoms with E-state index in [1.807, 2.05) is 11.0 Å². The Kier molecular flexibility index (Phi) is 6.65. The maximum atomic E-state index is 12.0. The van der Waals surface area contributed by atoms with E-state index in [1.54, 1.807) is 18.2 Å². The lowest BCUT2D eigenvalue weighted by molar-refractivity contribution is -0.128. The molecule has 0 atom stereocenters. The lowest BCUT2D eigenvalue weighted by atomic mass is 10.3. The first-order chi connectivity index (χ1) is 8.67. The summed E-state index contributed by atoms with van der Waals surface area (Å²) in [5.74, 6) is 0.849. The maximum Gasteiger partial charge on any atom is 0.232 e. The Bertz CT molecular complexity index is 376. The van der Waals surface area contributed by atoms with Crippen molar-refractivity contribution in [3.05, 3.63) is 24.3 Å². The molecule has 0 aliphatic carbocycles. The molecule has 0 saturated carbocycles. The summed E-state index contributed by atoms with van der Waals surface area (Å²) in [5, 5.41) is 9.35. The average molecular weight is 267 g/mol. The third kappa shape index (κ3) is 5.00. The van der Waals surface area contributed by atoms with Gasteiger partial charge in [0.2, 0.25) is 5.91 Å². The van der Waals surface area contributed by atoms with Gasteiger partial charge in [-0.15, -0.1) is 11.8 Å². The van der Waals surface area contributed by atoms with E-state index in [0.717, 1.165) is 30.8 Å². The van der Waals surface area contributed by atoms with Gasteiger partial charge in [0.05, 0.1) is 5.75 Å². The molecule has 1 aromatic rings. The van der Waals surface area contributed by atoms with Crippen molar-refractivity contribution in [3.8, 4) is 5.75 Å². The van der Waals surface area contributed by atoms with E-state index in [0.29, 0.717) is 5.75 Å². The number of hydrogen-bond donors (Lipinski definition) is 1. The van der Waals surface area contributed by atoms with Gasteiger partial charge in [0, 0.05) is 18.0 Å². The Labute approximate surface area is 113 Å². The smallest absolute Gasteiger partial charge is 0.232 e. The molecule has 1 rings (SSSR count). The average Bonchev–Trinajstić information content (AvgIpc) is 2.36. The van der Waals surface area contributed by atoms with Crippen LogP contribution in [0.3, 0.4) is 0 Å². The zero-order valence-corrected chi connectivity index (χ0v) is 11.9. The first kappa shape index (κ1) is 14.9. The van der Waals surface area contributed by atoms with Crippen LogP contribution in [0.15, 0.2) is 29.2 Å². The first-order valence-corrected chi connectivity index (χ1v) is 7.35. The van der Waals surface area contributed by atoms with Crippen molar-refractivity contribution < 1.29 is 9.90 Å². The van der Waals surface area contributed by atoms with Crippen LogP contribution in [0.25, 0.3) is 0 Å². The van der Waals surface area contributed by atoms with Gasteiger partial charge in [0.15, 0.2) is 0 Å². The minimum atomic E-state index is 0.173. The van der Waals surface area contributed by atoms with Crippen LogP contribution in [-0.4, -0.2) is 34.8 Å². The highest BCUT2D eigenvalue weighted by atomic mass is 32.2. The summed E-state index contributed by atoms with van der Waals surface area (Å²) in [5.41, 5.74) is 0. The van der Waals surface area contributed by atoms with Gasteiger partial charge in [-0.2, -0.15) is 0 Å². The summed E-state index contributed by atoms with van der Waals surface area (Å²) < 4.78 is 0. The zero-order valence-electron chi connectivity index (χ0n) is 11.1. The Balaban J connectivity index is 2.48. The number of nitrogens with zero attached hydrogens (tertiary/aromatic N) is 1. The predicted molar refractivity (Wildman–Crippen MR) is 76.0 cm³/mol. The van der Waals surface area contributed by atoms with Crippen molar-refractivity contribution in [1.29, 1.82) is 0 Å². The van der Waals surface area contributed by atoms with Crippen LogP contribution in [0.4, 0.5) is 0 Å². The third-order valence-corrected chi connectivity index (χ3v) is 3.50. The lowest BCUT2D eigenvalue weighted by Crippen LogP contribution is -2.33. The molecule has 4 heteroatoms.